The van der Waals surface area contributed by atoms with Crippen molar-refractivity contribution in [1.82, 2.24) is 10.6 Å². The Hall–Kier alpha value is -1.50. The van der Waals surface area contributed by atoms with Gasteiger partial charge in [-0.05, 0) is 56.4 Å². The molecule has 0 spiro atoms. The Bertz CT molecular complexity index is 534. The van der Waals surface area contributed by atoms with Crippen molar-refractivity contribution in [3.05, 3.63) is 29.3 Å². The minimum Gasteiger partial charge on any atom is -0.492 e. The molecule has 1 saturated heterocycles. The molecular weight excluding hydrogens is 366 g/mol. The number of ether oxygens (including phenoxy) is 3. The fourth-order valence-corrected chi connectivity index (χ4v) is 2.86. The van der Waals surface area contributed by atoms with E-state index in [4.69, 9.17) is 25.8 Å². The van der Waals surface area contributed by atoms with Gasteiger partial charge in [-0.25, -0.2) is 0 Å². The summed E-state index contributed by atoms with van der Waals surface area (Å²) in [5, 5.41) is 7.23. The summed E-state index contributed by atoms with van der Waals surface area (Å²) in [4.78, 5) is 4.58. The first-order valence-corrected chi connectivity index (χ1v) is 10.2. The van der Waals surface area contributed by atoms with Gasteiger partial charge in [0.2, 0.25) is 0 Å². The lowest BCUT2D eigenvalue weighted by atomic mass is 10.0. The van der Waals surface area contributed by atoms with Crippen molar-refractivity contribution in [2.45, 2.75) is 26.2 Å². The van der Waals surface area contributed by atoms with E-state index in [1.54, 1.807) is 0 Å². The molecule has 7 heteroatoms. The first-order valence-electron chi connectivity index (χ1n) is 9.84. The molecule has 0 saturated carbocycles. The van der Waals surface area contributed by atoms with Gasteiger partial charge in [0, 0.05) is 44.5 Å². The summed E-state index contributed by atoms with van der Waals surface area (Å²) in [6.45, 7) is 8.18. The summed E-state index contributed by atoms with van der Waals surface area (Å²) in [5.74, 6) is 2.27. The van der Waals surface area contributed by atoms with E-state index in [0.29, 0.717) is 24.1 Å². The van der Waals surface area contributed by atoms with Crippen LogP contribution in [-0.2, 0) is 9.47 Å². The maximum absolute atomic E-state index is 5.86. The zero-order valence-corrected chi connectivity index (χ0v) is 17.0. The minimum absolute atomic E-state index is 0.556. The maximum Gasteiger partial charge on any atom is 0.191 e. The van der Waals surface area contributed by atoms with Crippen LogP contribution < -0.4 is 15.4 Å². The van der Waals surface area contributed by atoms with Crippen LogP contribution in [0.2, 0.25) is 5.02 Å². The second-order valence-corrected chi connectivity index (χ2v) is 6.91. The molecule has 0 amide bonds. The third-order valence-corrected chi connectivity index (χ3v) is 4.48. The lowest BCUT2D eigenvalue weighted by molar-refractivity contribution is 0.0205. The molecule has 27 heavy (non-hydrogen) atoms. The lowest BCUT2D eigenvalue weighted by Gasteiger charge is -2.21. The number of halogens is 1. The molecule has 0 unspecified atom stereocenters. The van der Waals surface area contributed by atoms with E-state index >= 15 is 0 Å². The molecule has 2 N–H and O–H groups in total. The number of nitrogens with zero attached hydrogens (tertiary/aromatic N) is 1. The number of hydrogen-bond donors (Lipinski definition) is 2. The van der Waals surface area contributed by atoms with Gasteiger partial charge in [0.05, 0.1) is 6.54 Å². The molecule has 0 aliphatic carbocycles. The maximum atomic E-state index is 5.86. The van der Waals surface area contributed by atoms with Crippen molar-refractivity contribution >= 4 is 17.6 Å². The summed E-state index contributed by atoms with van der Waals surface area (Å²) in [6.07, 6.45) is 3.15. The Morgan fingerprint density at radius 1 is 1.19 bits per heavy atom. The number of benzene rings is 1. The number of aliphatic imine (C=N–C) groups is 1. The van der Waals surface area contributed by atoms with Gasteiger partial charge in [0.1, 0.15) is 12.4 Å². The van der Waals surface area contributed by atoms with Crippen molar-refractivity contribution in [2.24, 2.45) is 10.9 Å². The van der Waals surface area contributed by atoms with Crippen LogP contribution in [-0.4, -0.2) is 58.6 Å². The Morgan fingerprint density at radius 2 is 1.96 bits per heavy atom. The fourth-order valence-electron chi connectivity index (χ4n) is 2.73. The monoisotopic (exact) mass is 397 g/mol. The van der Waals surface area contributed by atoms with Gasteiger partial charge in [-0.1, -0.05) is 11.6 Å². The van der Waals surface area contributed by atoms with E-state index in [1.807, 2.05) is 24.3 Å². The molecule has 1 aliphatic rings. The van der Waals surface area contributed by atoms with Crippen molar-refractivity contribution in [3.63, 3.8) is 0 Å². The van der Waals surface area contributed by atoms with Crippen LogP contribution >= 0.6 is 11.6 Å². The van der Waals surface area contributed by atoms with Gasteiger partial charge in [-0.15, -0.1) is 0 Å². The van der Waals surface area contributed by atoms with Crippen LogP contribution in [0.4, 0.5) is 0 Å². The molecular formula is C20H32ClN3O3. The average molecular weight is 398 g/mol. The van der Waals surface area contributed by atoms with E-state index in [9.17, 15) is 0 Å². The number of nitrogens with one attached hydrogen (secondary N) is 2. The van der Waals surface area contributed by atoms with Crippen LogP contribution in [0, 0.1) is 5.92 Å². The molecule has 1 heterocycles. The second kappa shape index (κ2) is 13.6. The van der Waals surface area contributed by atoms with Crippen molar-refractivity contribution in [1.29, 1.82) is 0 Å². The summed E-state index contributed by atoms with van der Waals surface area (Å²) in [6, 6.07) is 7.36. The highest BCUT2D eigenvalue weighted by Crippen LogP contribution is 2.15. The van der Waals surface area contributed by atoms with Crippen LogP contribution in [0.15, 0.2) is 29.3 Å². The highest BCUT2D eigenvalue weighted by Gasteiger charge is 2.13. The van der Waals surface area contributed by atoms with Gasteiger partial charge in [0.15, 0.2) is 5.96 Å². The Balaban J connectivity index is 1.55. The molecule has 1 aliphatic heterocycles. The number of hydrogen-bond acceptors (Lipinski definition) is 4. The van der Waals surface area contributed by atoms with Gasteiger partial charge in [-0.3, -0.25) is 4.99 Å². The third-order valence-electron chi connectivity index (χ3n) is 4.23. The molecule has 2 rings (SSSR count). The van der Waals surface area contributed by atoms with Crippen LogP contribution in [0.1, 0.15) is 26.2 Å². The van der Waals surface area contributed by atoms with E-state index in [2.05, 4.69) is 22.5 Å². The Kier molecular flexibility index (Phi) is 11.0. The van der Waals surface area contributed by atoms with E-state index in [0.717, 1.165) is 70.5 Å². The smallest absolute Gasteiger partial charge is 0.191 e. The molecule has 0 radical (unpaired) electrons. The van der Waals surface area contributed by atoms with Gasteiger partial charge in [0.25, 0.3) is 0 Å². The zero-order chi connectivity index (χ0) is 19.2. The third kappa shape index (κ3) is 9.84. The van der Waals surface area contributed by atoms with Crippen molar-refractivity contribution < 1.29 is 14.2 Å². The molecule has 0 atom stereocenters. The highest BCUT2D eigenvalue weighted by atomic mass is 35.5. The zero-order valence-electron chi connectivity index (χ0n) is 16.2. The van der Waals surface area contributed by atoms with Gasteiger partial charge >= 0.3 is 0 Å². The van der Waals surface area contributed by atoms with Crippen molar-refractivity contribution in [3.8, 4) is 5.75 Å². The summed E-state index contributed by atoms with van der Waals surface area (Å²) >= 11 is 5.86. The minimum atomic E-state index is 0.556. The SMILES string of the molecule is CCNC(=NCCCOCC1CCOCC1)NCCOc1ccc(Cl)cc1. The molecule has 0 bridgehead atoms. The quantitative estimate of drug-likeness (QED) is 0.341. The molecule has 152 valence electrons. The largest absolute Gasteiger partial charge is 0.492 e. The topological polar surface area (TPSA) is 64.1 Å². The predicted octanol–water partition coefficient (Wildman–Crippen LogP) is 3.11. The van der Waals surface area contributed by atoms with Crippen molar-refractivity contribution in [2.75, 3.05) is 52.7 Å². The normalized spacial score (nSPS) is 15.6. The summed E-state index contributed by atoms with van der Waals surface area (Å²) in [5.41, 5.74) is 0. The molecule has 1 fully saturated rings. The molecule has 6 nitrogen and oxygen atoms in total. The van der Waals surface area contributed by atoms with E-state index in [-0.39, 0.29) is 0 Å². The van der Waals surface area contributed by atoms with Crippen LogP contribution in [0.5, 0.6) is 5.75 Å². The standard InChI is InChI=1S/C20H32ClN3O3/c1-2-22-20(24-11-15-27-19-6-4-18(21)5-7-19)23-10-3-12-26-16-17-8-13-25-14-9-17/h4-7,17H,2-3,8-16H2,1H3,(H2,22,23,24). The van der Waals surface area contributed by atoms with Gasteiger partial charge in [-0.2, -0.15) is 0 Å². The average Bonchev–Trinajstić information content (AvgIpc) is 2.70. The lowest BCUT2D eigenvalue weighted by Crippen LogP contribution is -2.39. The fraction of sp³-hybridized carbons (Fsp3) is 0.650. The molecule has 0 aromatic heterocycles. The Labute approximate surface area is 167 Å². The first-order chi connectivity index (χ1) is 13.3. The number of rotatable bonds is 11. The van der Waals surface area contributed by atoms with Crippen LogP contribution in [0.25, 0.3) is 0 Å². The number of guanidine groups is 1. The summed E-state index contributed by atoms with van der Waals surface area (Å²) in [7, 11) is 0. The second-order valence-electron chi connectivity index (χ2n) is 6.47. The highest BCUT2D eigenvalue weighted by molar-refractivity contribution is 6.30. The Morgan fingerprint density at radius 3 is 2.70 bits per heavy atom. The summed E-state index contributed by atoms with van der Waals surface area (Å²) < 4.78 is 16.8. The van der Waals surface area contributed by atoms with E-state index in [1.165, 1.54) is 0 Å². The van der Waals surface area contributed by atoms with Gasteiger partial charge < -0.3 is 24.8 Å². The first kappa shape index (κ1) is 21.8. The van der Waals surface area contributed by atoms with Crippen LogP contribution in [0.3, 0.4) is 0 Å². The molecule has 1 aromatic rings. The predicted molar refractivity (Wildman–Crippen MR) is 110 cm³/mol. The molecule has 1 aromatic carbocycles. The van der Waals surface area contributed by atoms with E-state index < -0.39 is 0 Å².